The fourth-order valence-electron chi connectivity index (χ4n) is 2.81. The monoisotopic (exact) mass is 346 g/mol. The molecule has 0 heterocycles. The maximum atomic E-state index is 13.0. The number of nitrogens with zero attached hydrogens (tertiary/aromatic N) is 1. The first-order chi connectivity index (χ1) is 11.2. The Bertz CT molecular complexity index is 626. The molecule has 0 unspecified atom stereocenters. The molecule has 0 saturated heterocycles. The number of anilines is 1. The van der Waals surface area contributed by atoms with Crippen LogP contribution in [0.2, 0.25) is 0 Å². The van der Waals surface area contributed by atoms with Crippen LogP contribution >= 0.6 is 0 Å². The summed E-state index contributed by atoms with van der Waals surface area (Å²) in [5, 5.41) is 13.7. The van der Waals surface area contributed by atoms with Gasteiger partial charge in [-0.25, -0.2) is 0 Å². The number of benzene rings is 1. The van der Waals surface area contributed by atoms with Crippen LogP contribution in [0.3, 0.4) is 0 Å². The van der Waals surface area contributed by atoms with Gasteiger partial charge in [-0.05, 0) is 37.8 Å². The van der Waals surface area contributed by atoms with Crippen molar-refractivity contribution in [1.82, 2.24) is 0 Å². The van der Waals surface area contributed by atoms with Crippen molar-refractivity contribution in [2.45, 2.75) is 50.9 Å². The molecule has 24 heavy (non-hydrogen) atoms. The highest BCUT2D eigenvalue weighted by Gasteiger charge is 2.38. The zero-order valence-electron chi connectivity index (χ0n) is 12.9. The quantitative estimate of drug-likeness (QED) is 0.508. The third-order valence-corrected chi connectivity index (χ3v) is 3.88. The molecule has 0 amide bonds. The lowest BCUT2D eigenvalue weighted by molar-refractivity contribution is -0.388. The summed E-state index contributed by atoms with van der Waals surface area (Å²) in [5.74, 6) is -0.350. The maximum Gasteiger partial charge on any atom is 0.423 e. The van der Waals surface area contributed by atoms with Crippen LogP contribution in [-0.4, -0.2) is 23.0 Å². The fourth-order valence-corrected chi connectivity index (χ4v) is 2.81. The van der Waals surface area contributed by atoms with Gasteiger partial charge < -0.3 is 10.1 Å². The first-order valence-corrected chi connectivity index (χ1v) is 7.46. The predicted molar refractivity (Wildman–Crippen MR) is 79.5 cm³/mol. The highest BCUT2D eigenvalue weighted by Crippen LogP contribution is 2.38. The van der Waals surface area contributed by atoms with Gasteiger partial charge in [-0.3, -0.25) is 14.9 Å². The Morgan fingerprint density at radius 2 is 1.92 bits per heavy atom. The molecule has 1 aromatic carbocycles. The van der Waals surface area contributed by atoms with E-state index in [0.29, 0.717) is 25.7 Å². The highest BCUT2D eigenvalue weighted by atomic mass is 19.4. The van der Waals surface area contributed by atoms with Crippen molar-refractivity contribution in [1.29, 1.82) is 0 Å². The van der Waals surface area contributed by atoms with Gasteiger partial charge in [0, 0.05) is 24.7 Å². The second-order valence-electron chi connectivity index (χ2n) is 5.71. The van der Waals surface area contributed by atoms with Gasteiger partial charge in [-0.1, -0.05) is 0 Å². The van der Waals surface area contributed by atoms with E-state index in [1.165, 1.54) is 13.0 Å². The molecule has 1 N–H and O–H groups in total. The summed E-state index contributed by atoms with van der Waals surface area (Å²) in [7, 11) is 0. The zero-order chi connectivity index (χ0) is 17.9. The number of alkyl halides is 3. The molecule has 1 saturated carbocycles. The predicted octanol–water partition coefficient (Wildman–Crippen LogP) is 3.90. The van der Waals surface area contributed by atoms with Crippen LogP contribution in [-0.2, 0) is 15.7 Å². The molecule has 0 bridgehead atoms. The molecule has 0 aromatic heterocycles. The number of hydrogen-bond donors (Lipinski definition) is 1. The molecule has 0 aliphatic heterocycles. The summed E-state index contributed by atoms with van der Waals surface area (Å²) < 4.78 is 44.0. The Hall–Kier alpha value is -2.32. The van der Waals surface area contributed by atoms with Crippen molar-refractivity contribution >= 4 is 17.3 Å². The second kappa shape index (κ2) is 7.06. The van der Waals surface area contributed by atoms with Crippen LogP contribution in [0.15, 0.2) is 18.2 Å². The third kappa shape index (κ3) is 4.59. The molecule has 1 fully saturated rings. The number of esters is 1. The molecule has 9 heteroatoms. The lowest BCUT2D eigenvalue weighted by Gasteiger charge is -2.29. The number of halogens is 3. The SMILES string of the molecule is CC(=O)OC1CCC(Nc2ccc([N+](=O)[O-])c(C(F)(F)F)c2)CC1. The lowest BCUT2D eigenvalue weighted by Crippen LogP contribution is -2.30. The topological polar surface area (TPSA) is 81.5 Å². The van der Waals surface area contributed by atoms with Gasteiger partial charge in [0.15, 0.2) is 0 Å². The van der Waals surface area contributed by atoms with E-state index in [2.05, 4.69) is 5.32 Å². The minimum absolute atomic E-state index is 0.0700. The summed E-state index contributed by atoms with van der Waals surface area (Å²) in [6.07, 6.45) is -2.45. The van der Waals surface area contributed by atoms with Gasteiger partial charge in [0.25, 0.3) is 5.69 Å². The molecule has 0 radical (unpaired) electrons. The summed E-state index contributed by atoms with van der Waals surface area (Å²) in [4.78, 5) is 20.6. The minimum atomic E-state index is -4.80. The number of carbonyl (C=O) groups excluding carboxylic acids is 1. The van der Waals surface area contributed by atoms with E-state index in [1.807, 2.05) is 0 Å². The molecule has 0 spiro atoms. The number of rotatable bonds is 4. The molecule has 1 aliphatic rings. The van der Waals surface area contributed by atoms with Crippen molar-refractivity contribution in [2.75, 3.05) is 5.32 Å². The Morgan fingerprint density at radius 1 is 1.29 bits per heavy atom. The molecule has 0 atom stereocenters. The Morgan fingerprint density at radius 3 is 2.42 bits per heavy atom. The molecule has 132 valence electrons. The largest absolute Gasteiger partial charge is 0.463 e. The number of carbonyl (C=O) groups is 1. The summed E-state index contributed by atoms with van der Waals surface area (Å²) in [6, 6.07) is 2.82. The maximum absolute atomic E-state index is 13.0. The average molecular weight is 346 g/mol. The van der Waals surface area contributed by atoms with Crippen LogP contribution in [0, 0.1) is 10.1 Å². The molecule has 6 nitrogen and oxygen atoms in total. The van der Waals surface area contributed by atoms with Gasteiger partial charge in [-0.15, -0.1) is 0 Å². The Kier molecular flexibility index (Phi) is 5.30. The van der Waals surface area contributed by atoms with E-state index in [1.54, 1.807) is 0 Å². The number of nitrogens with one attached hydrogen (secondary N) is 1. The molecule has 1 aliphatic carbocycles. The van der Waals surface area contributed by atoms with E-state index in [-0.39, 0.29) is 23.8 Å². The average Bonchev–Trinajstić information content (AvgIpc) is 2.47. The second-order valence-corrected chi connectivity index (χ2v) is 5.71. The highest BCUT2D eigenvalue weighted by molar-refractivity contribution is 5.66. The molecular weight excluding hydrogens is 329 g/mol. The summed E-state index contributed by atoms with van der Waals surface area (Å²) in [6.45, 7) is 1.33. The molecule has 1 aromatic rings. The van der Waals surface area contributed by atoms with Gasteiger partial charge in [0.05, 0.1) is 4.92 Å². The zero-order valence-corrected chi connectivity index (χ0v) is 12.9. The van der Waals surface area contributed by atoms with Crippen molar-refractivity contribution in [3.05, 3.63) is 33.9 Å². The minimum Gasteiger partial charge on any atom is -0.463 e. The number of hydrogen-bond acceptors (Lipinski definition) is 5. The van der Waals surface area contributed by atoms with Crippen molar-refractivity contribution in [3.8, 4) is 0 Å². The number of nitro groups is 1. The smallest absolute Gasteiger partial charge is 0.423 e. The lowest BCUT2D eigenvalue weighted by atomic mass is 9.92. The number of ether oxygens (including phenoxy) is 1. The fraction of sp³-hybridized carbons (Fsp3) is 0.533. The summed E-state index contributed by atoms with van der Waals surface area (Å²) >= 11 is 0. The first kappa shape index (κ1) is 18.0. The number of nitro benzene ring substituents is 1. The Balaban J connectivity index is 2.06. The van der Waals surface area contributed by atoms with E-state index in [0.717, 1.165) is 12.1 Å². The molecule has 2 rings (SSSR count). The van der Waals surface area contributed by atoms with Crippen molar-refractivity contribution < 1.29 is 27.6 Å². The summed E-state index contributed by atoms with van der Waals surface area (Å²) in [5.41, 5.74) is -2.05. The van der Waals surface area contributed by atoms with Gasteiger partial charge in [0.2, 0.25) is 0 Å². The first-order valence-electron chi connectivity index (χ1n) is 7.46. The van der Waals surface area contributed by atoms with Crippen molar-refractivity contribution in [3.63, 3.8) is 0 Å². The normalized spacial score (nSPS) is 21.2. The van der Waals surface area contributed by atoms with Gasteiger partial charge >= 0.3 is 12.1 Å². The van der Waals surface area contributed by atoms with E-state index in [9.17, 15) is 28.1 Å². The van der Waals surface area contributed by atoms with E-state index < -0.39 is 22.4 Å². The molecular formula is C15H17F3N2O4. The third-order valence-electron chi connectivity index (χ3n) is 3.88. The van der Waals surface area contributed by atoms with Gasteiger partial charge in [0.1, 0.15) is 11.7 Å². The van der Waals surface area contributed by atoms with Crippen LogP contribution < -0.4 is 5.32 Å². The van der Waals surface area contributed by atoms with Gasteiger partial charge in [-0.2, -0.15) is 13.2 Å². The van der Waals surface area contributed by atoms with Crippen molar-refractivity contribution in [2.24, 2.45) is 0 Å². The van der Waals surface area contributed by atoms with E-state index >= 15 is 0 Å². The van der Waals surface area contributed by atoms with Crippen LogP contribution in [0.1, 0.15) is 38.2 Å². The van der Waals surface area contributed by atoms with Crippen LogP contribution in [0.5, 0.6) is 0 Å². The Labute approximate surface area is 136 Å². The van der Waals surface area contributed by atoms with E-state index in [4.69, 9.17) is 4.74 Å². The van der Waals surface area contributed by atoms with Crippen LogP contribution in [0.4, 0.5) is 24.5 Å². The standard InChI is InChI=1S/C15H17F3N2O4/c1-9(21)24-12-5-2-10(3-6-12)19-11-4-7-14(20(22)23)13(8-11)15(16,17)18/h4,7-8,10,12,19H,2-3,5-6H2,1H3. The van der Waals surface area contributed by atoms with Crippen LogP contribution in [0.25, 0.3) is 0 Å².